The second kappa shape index (κ2) is 16.6. The highest BCUT2D eigenvalue weighted by molar-refractivity contribution is 6.30. The van der Waals surface area contributed by atoms with Gasteiger partial charge in [0.05, 0.1) is 17.8 Å². The lowest BCUT2D eigenvalue weighted by Crippen LogP contribution is -2.28. The fourth-order valence-corrected chi connectivity index (χ4v) is 3.26. The largest absolute Gasteiger partial charge is 0.424 e. The second-order valence-electron chi connectivity index (χ2n) is 10.0. The van der Waals surface area contributed by atoms with Crippen molar-refractivity contribution in [1.82, 2.24) is 15.2 Å². The standard InChI is InChI=1S/C16H15ClFNO2.C15H26N2O/c1-9(2)16(20)21-15-8-19-14(6-10(15)3)12-7-11(17)4-5-13(12)18;1-7-8-13(4)11-14(12(2)3)16-15(18)9-10-17(5)6/h4-9H,1-3H3;7-8,11-12H,1,9-10H2,2-6H3,(H,16,18)/b;13-8-,14-11+. The Hall–Kier alpha value is -3.29. The quantitative estimate of drug-likeness (QED) is 0.248. The number of aromatic nitrogens is 1. The third kappa shape index (κ3) is 12.4. The van der Waals surface area contributed by atoms with E-state index in [1.165, 1.54) is 24.4 Å². The topological polar surface area (TPSA) is 71.5 Å². The monoisotopic (exact) mass is 557 g/mol. The molecule has 0 aliphatic carbocycles. The molecule has 39 heavy (non-hydrogen) atoms. The van der Waals surface area contributed by atoms with Gasteiger partial charge in [-0.1, -0.05) is 58.0 Å². The molecule has 8 heteroatoms. The van der Waals surface area contributed by atoms with Crippen molar-refractivity contribution in [3.05, 3.63) is 82.9 Å². The van der Waals surface area contributed by atoms with Crippen molar-refractivity contribution in [3.8, 4) is 17.0 Å². The predicted molar refractivity (Wildman–Crippen MR) is 158 cm³/mol. The fraction of sp³-hybridized carbons (Fsp3) is 0.387. The van der Waals surface area contributed by atoms with Crippen molar-refractivity contribution in [1.29, 1.82) is 0 Å². The summed E-state index contributed by atoms with van der Waals surface area (Å²) < 4.78 is 19.0. The van der Waals surface area contributed by atoms with Gasteiger partial charge in [-0.15, -0.1) is 0 Å². The number of esters is 1. The normalized spacial score (nSPS) is 11.8. The third-order valence-corrected chi connectivity index (χ3v) is 5.64. The Morgan fingerprint density at radius 2 is 1.85 bits per heavy atom. The Labute approximate surface area is 237 Å². The van der Waals surface area contributed by atoms with Crippen LogP contribution in [0.5, 0.6) is 5.75 Å². The summed E-state index contributed by atoms with van der Waals surface area (Å²) in [5.41, 5.74) is 3.49. The van der Waals surface area contributed by atoms with Crippen LogP contribution in [0.2, 0.25) is 5.02 Å². The van der Waals surface area contributed by atoms with Crippen LogP contribution in [-0.4, -0.2) is 42.4 Å². The average Bonchev–Trinajstić information content (AvgIpc) is 2.85. The van der Waals surface area contributed by atoms with Crippen LogP contribution in [0.1, 0.15) is 46.6 Å². The molecule has 0 saturated heterocycles. The first-order valence-corrected chi connectivity index (χ1v) is 13.2. The number of rotatable bonds is 10. The van der Waals surface area contributed by atoms with Gasteiger partial charge in [0.25, 0.3) is 0 Å². The van der Waals surface area contributed by atoms with Crippen LogP contribution in [0.25, 0.3) is 11.3 Å². The minimum absolute atomic E-state index is 0.0649. The smallest absolute Gasteiger partial charge is 0.313 e. The van der Waals surface area contributed by atoms with Gasteiger partial charge < -0.3 is 15.0 Å². The number of nitrogens with zero attached hydrogens (tertiary/aromatic N) is 2. The van der Waals surface area contributed by atoms with Crippen molar-refractivity contribution in [2.75, 3.05) is 20.6 Å². The summed E-state index contributed by atoms with van der Waals surface area (Å²) in [6.07, 6.45) is 7.61. The van der Waals surface area contributed by atoms with Gasteiger partial charge in [0.2, 0.25) is 5.91 Å². The van der Waals surface area contributed by atoms with E-state index in [4.69, 9.17) is 16.3 Å². The molecule has 2 rings (SSSR count). The van der Waals surface area contributed by atoms with Gasteiger partial charge in [0.15, 0.2) is 5.75 Å². The summed E-state index contributed by atoms with van der Waals surface area (Å²) in [5.74, 6) is -0.231. The van der Waals surface area contributed by atoms with Crippen LogP contribution in [0.15, 0.2) is 66.5 Å². The van der Waals surface area contributed by atoms with E-state index in [-0.39, 0.29) is 17.8 Å². The molecular weight excluding hydrogens is 517 g/mol. The molecule has 1 amide bonds. The van der Waals surface area contributed by atoms with Crippen LogP contribution >= 0.6 is 11.6 Å². The number of allylic oxidation sites excluding steroid dienone is 5. The molecule has 0 bridgehead atoms. The maximum atomic E-state index is 13.8. The number of carbonyl (C=O) groups is 2. The second-order valence-corrected chi connectivity index (χ2v) is 10.5. The molecular formula is C31H41ClFN3O3. The Balaban J connectivity index is 0.000000396. The van der Waals surface area contributed by atoms with Crippen molar-refractivity contribution in [3.63, 3.8) is 0 Å². The molecule has 0 saturated carbocycles. The Bertz CT molecular complexity index is 1200. The van der Waals surface area contributed by atoms with E-state index in [2.05, 4.69) is 30.7 Å². The minimum Gasteiger partial charge on any atom is -0.424 e. The Morgan fingerprint density at radius 1 is 1.18 bits per heavy atom. The van der Waals surface area contributed by atoms with Gasteiger partial charge >= 0.3 is 5.97 Å². The van der Waals surface area contributed by atoms with E-state index in [0.717, 1.165) is 17.8 Å². The lowest BCUT2D eigenvalue weighted by Gasteiger charge is -2.15. The molecule has 0 unspecified atom stereocenters. The first kappa shape index (κ1) is 33.7. The van der Waals surface area contributed by atoms with Gasteiger partial charge in [-0.25, -0.2) is 4.39 Å². The molecule has 1 N–H and O–H groups in total. The number of hydrogen-bond acceptors (Lipinski definition) is 5. The Kier molecular flexibility index (Phi) is 14.4. The summed E-state index contributed by atoms with van der Waals surface area (Å²) in [5, 5.41) is 3.41. The summed E-state index contributed by atoms with van der Waals surface area (Å²) in [4.78, 5) is 29.5. The van der Waals surface area contributed by atoms with Crippen LogP contribution in [0.3, 0.4) is 0 Å². The van der Waals surface area contributed by atoms with E-state index in [1.807, 2.05) is 38.1 Å². The first-order valence-electron chi connectivity index (χ1n) is 12.8. The zero-order valence-corrected chi connectivity index (χ0v) is 25.0. The SMILES string of the molecule is C=C/C=C(C)\C=C(\NC(=O)CCN(C)C)C(C)C.Cc1cc(-c2cc(Cl)ccc2F)ncc1OC(=O)C(C)C. The van der Waals surface area contributed by atoms with Crippen LogP contribution in [0, 0.1) is 24.6 Å². The predicted octanol–water partition coefficient (Wildman–Crippen LogP) is 7.14. The lowest BCUT2D eigenvalue weighted by atomic mass is 10.1. The van der Waals surface area contributed by atoms with Crippen LogP contribution < -0.4 is 10.1 Å². The summed E-state index contributed by atoms with van der Waals surface area (Å²) in [6.45, 7) is 15.8. The van der Waals surface area contributed by atoms with E-state index < -0.39 is 5.82 Å². The minimum atomic E-state index is -0.404. The number of halogens is 2. The van der Waals surface area contributed by atoms with E-state index in [0.29, 0.717) is 39.9 Å². The zero-order valence-electron chi connectivity index (χ0n) is 24.3. The molecule has 1 heterocycles. The number of amides is 1. The molecule has 6 nitrogen and oxygen atoms in total. The van der Waals surface area contributed by atoms with Gasteiger partial charge in [-0.05, 0) is 75.3 Å². The Morgan fingerprint density at radius 3 is 2.38 bits per heavy atom. The van der Waals surface area contributed by atoms with Gasteiger partial charge in [-0.2, -0.15) is 0 Å². The number of hydrogen-bond donors (Lipinski definition) is 1. The molecule has 0 aliphatic heterocycles. The van der Waals surface area contributed by atoms with Crippen LogP contribution in [-0.2, 0) is 9.59 Å². The van der Waals surface area contributed by atoms with Crippen molar-refractivity contribution >= 4 is 23.5 Å². The van der Waals surface area contributed by atoms with E-state index in [9.17, 15) is 14.0 Å². The molecule has 0 fully saturated rings. The molecule has 0 aliphatic rings. The zero-order chi connectivity index (χ0) is 29.7. The summed E-state index contributed by atoms with van der Waals surface area (Å²) >= 11 is 5.88. The van der Waals surface area contributed by atoms with Gasteiger partial charge in [-0.3, -0.25) is 14.6 Å². The molecule has 0 atom stereocenters. The van der Waals surface area contributed by atoms with Crippen LogP contribution in [0.4, 0.5) is 4.39 Å². The molecule has 212 valence electrons. The average molecular weight is 558 g/mol. The molecule has 0 radical (unpaired) electrons. The van der Waals surface area contributed by atoms with Crippen molar-refractivity contribution in [2.24, 2.45) is 11.8 Å². The van der Waals surface area contributed by atoms with Crippen molar-refractivity contribution in [2.45, 2.75) is 48.0 Å². The highest BCUT2D eigenvalue weighted by atomic mass is 35.5. The summed E-state index contributed by atoms with van der Waals surface area (Å²) in [6, 6.07) is 5.95. The highest BCUT2D eigenvalue weighted by Crippen LogP contribution is 2.28. The van der Waals surface area contributed by atoms with Crippen molar-refractivity contribution < 1.29 is 18.7 Å². The first-order chi connectivity index (χ1) is 18.2. The summed E-state index contributed by atoms with van der Waals surface area (Å²) in [7, 11) is 3.92. The van der Waals surface area contributed by atoms with E-state index >= 15 is 0 Å². The number of carbonyl (C=O) groups excluding carboxylic acids is 2. The maximum absolute atomic E-state index is 13.8. The number of ether oxygens (including phenoxy) is 1. The number of aryl methyl sites for hydroxylation is 1. The molecule has 0 spiro atoms. The number of pyridine rings is 1. The highest BCUT2D eigenvalue weighted by Gasteiger charge is 2.14. The van der Waals surface area contributed by atoms with Gasteiger partial charge in [0, 0.05) is 29.2 Å². The molecule has 1 aromatic heterocycles. The number of nitrogens with one attached hydrogen (secondary N) is 1. The molecule has 1 aromatic carbocycles. The lowest BCUT2D eigenvalue weighted by molar-refractivity contribution is -0.137. The third-order valence-electron chi connectivity index (χ3n) is 5.40. The fourth-order valence-electron chi connectivity index (χ4n) is 3.09. The number of benzene rings is 1. The van der Waals surface area contributed by atoms with Gasteiger partial charge in [0.1, 0.15) is 5.82 Å². The molecule has 2 aromatic rings. The maximum Gasteiger partial charge on any atom is 0.313 e. The van der Waals surface area contributed by atoms with E-state index in [1.54, 1.807) is 32.9 Å².